The molecule has 0 rings (SSSR count). The third-order valence-electron chi connectivity index (χ3n) is 0.410. The first kappa shape index (κ1) is 6.76. The largest absolute Gasteiger partial charge is 0.269 e. The van der Waals surface area contributed by atoms with Gasteiger partial charge < -0.3 is 0 Å². The first-order valence-corrected chi connectivity index (χ1v) is 2.55. The quantitative estimate of drug-likeness (QED) is 0.395. The molecule has 0 aromatic carbocycles. The van der Waals surface area contributed by atoms with E-state index in [0.717, 1.165) is 4.91 Å². The van der Waals surface area contributed by atoms with Crippen LogP contribution in [0.3, 0.4) is 0 Å². The highest BCUT2D eigenvalue weighted by atomic mass is 32.1. The van der Waals surface area contributed by atoms with E-state index in [0.29, 0.717) is 0 Å². The third kappa shape index (κ3) is 5.76. The monoisotopic (exact) mass is 115 g/mol. The second kappa shape index (κ2) is 3.93. The van der Waals surface area contributed by atoms with Gasteiger partial charge in [0.25, 0.3) is 0 Å². The summed E-state index contributed by atoms with van der Waals surface area (Å²) in [5.41, 5.74) is 0. The Hall–Kier alpha value is -0.240. The van der Waals surface area contributed by atoms with Crippen LogP contribution in [0.15, 0.2) is 16.1 Å². The summed E-state index contributed by atoms with van der Waals surface area (Å²) >= 11 is 3.98. The molecule has 0 bridgehead atoms. The van der Waals surface area contributed by atoms with Gasteiger partial charge in [0.1, 0.15) is 0 Å². The zero-order chi connectivity index (χ0) is 5.70. The van der Waals surface area contributed by atoms with Crippen LogP contribution in [0.2, 0.25) is 0 Å². The summed E-state index contributed by atoms with van der Waals surface area (Å²) in [6, 6.07) is 0. The summed E-state index contributed by atoms with van der Waals surface area (Å²) in [5, 5.41) is 0. The number of hydrogen-bond donors (Lipinski definition) is 1. The third-order valence-corrected chi connectivity index (χ3v) is 0.526. The zero-order valence-corrected chi connectivity index (χ0v) is 5.44. The van der Waals surface area contributed by atoms with Crippen molar-refractivity contribution in [3.05, 3.63) is 11.1 Å². The molecule has 0 saturated heterocycles. The second-order valence-corrected chi connectivity index (χ2v) is 1.88. The molecule has 1 nitrogen and oxygen atoms in total. The van der Waals surface area contributed by atoms with Crippen LogP contribution in [0.4, 0.5) is 0 Å². The van der Waals surface area contributed by atoms with Crippen LogP contribution in [0.5, 0.6) is 0 Å². The van der Waals surface area contributed by atoms with Gasteiger partial charge in [0, 0.05) is 12.4 Å². The standard InChI is InChI=1S/C5H9NS/c1-3-6-4-5(2)7/h3-4,7H,1-2H3/b5-4-,6-3?. The molecule has 0 heterocycles. The molecule has 2 heteroatoms. The number of hydrogen-bond acceptors (Lipinski definition) is 2. The summed E-state index contributed by atoms with van der Waals surface area (Å²) in [6.07, 6.45) is 3.42. The van der Waals surface area contributed by atoms with E-state index in [2.05, 4.69) is 17.6 Å². The van der Waals surface area contributed by atoms with Gasteiger partial charge in [-0.25, -0.2) is 0 Å². The van der Waals surface area contributed by atoms with Gasteiger partial charge >= 0.3 is 0 Å². The first-order chi connectivity index (χ1) is 3.27. The lowest BCUT2D eigenvalue weighted by atomic mass is 10.7. The lowest BCUT2D eigenvalue weighted by Crippen LogP contribution is -1.56. The van der Waals surface area contributed by atoms with Crippen molar-refractivity contribution < 1.29 is 0 Å². The summed E-state index contributed by atoms with van der Waals surface area (Å²) in [5.74, 6) is 0. The maximum Gasteiger partial charge on any atom is 0.0353 e. The minimum absolute atomic E-state index is 0.929. The second-order valence-electron chi connectivity index (χ2n) is 1.18. The summed E-state index contributed by atoms with van der Waals surface area (Å²) < 4.78 is 0. The van der Waals surface area contributed by atoms with Crippen molar-refractivity contribution in [3.8, 4) is 0 Å². The normalized spacial score (nSPS) is 13.3. The van der Waals surface area contributed by atoms with E-state index in [1.54, 1.807) is 12.4 Å². The molecular formula is C5H9NS. The smallest absolute Gasteiger partial charge is 0.0353 e. The Kier molecular flexibility index (Phi) is 3.80. The average molecular weight is 115 g/mol. The molecule has 0 saturated carbocycles. The molecule has 0 aliphatic rings. The van der Waals surface area contributed by atoms with Gasteiger partial charge in [-0.15, -0.1) is 12.6 Å². The predicted octanol–water partition coefficient (Wildman–Crippen LogP) is 1.87. The molecule has 0 aliphatic heterocycles. The van der Waals surface area contributed by atoms with Crippen molar-refractivity contribution in [2.75, 3.05) is 0 Å². The van der Waals surface area contributed by atoms with Gasteiger partial charge in [-0.1, -0.05) is 0 Å². The van der Waals surface area contributed by atoms with E-state index in [1.165, 1.54) is 0 Å². The van der Waals surface area contributed by atoms with Gasteiger partial charge in [0.2, 0.25) is 0 Å². The van der Waals surface area contributed by atoms with E-state index in [1.807, 2.05) is 13.8 Å². The lowest BCUT2D eigenvalue weighted by molar-refractivity contribution is 1.51. The molecule has 0 atom stereocenters. The van der Waals surface area contributed by atoms with Gasteiger partial charge in [-0.05, 0) is 18.8 Å². The molecule has 0 aromatic rings. The van der Waals surface area contributed by atoms with E-state index in [-0.39, 0.29) is 0 Å². The Bertz CT molecular complexity index is 90.3. The number of thiol groups is 1. The van der Waals surface area contributed by atoms with Gasteiger partial charge in [-0.3, -0.25) is 4.99 Å². The fraction of sp³-hybridized carbons (Fsp3) is 0.400. The van der Waals surface area contributed by atoms with Crippen LogP contribution in [0, 0.1) is 0 Å². The molecule has 0 amide bonds. The highest BCUT2D eigenvalue weighted by Crippen LogP contribution is 1.94. The Morgan fingerprint density at radius 3 is 2.43 bits per heavy atom. The van der Waals surface area contributed by atoms with Gasteiger partial charge in [-0.2, -0.15) is 0 Å². The molecule has 7 heavy (non-hydrogen) atoms. The van der Waals surface area contributed by atoms with Crippen LogP contribution in [-0.2, 0) is 0 Å². The molecule has 0 fully saturated rings. The summed E-state index contributed by atoms with van der Waals surface area (Å²) in [6.45, 7) is 3.75. The molecule has 0 spiro atoms. The van der Waals surface area contributed by atoms with Gasteiger partial charge in [0.15, 0.2) is 0 Å². The lowest BCUT2D eigenvalue weighted by Gasteiger charge is -1.77. The Morgan fingerprint density at radius 2 is 2.29 bits per heavy atom. The van der Waals surface area contributed by atoms with Gasteiger partial charge in [0.05, 0.1) is 0 Å². The topological polar surface area (TPSA) is 12.4 Å². The van der Waals surface area contributed by atoms with Crippen LogP contribution in [-0.4, -0.2) is 6.21 Å². The van der Waals surface area contributed by atoms with Crippen molar-refractivity contribution in [2.24, 2.45) is 4.99 Å². The minimum atomic E-state index is 0.929. The van der Waals surface area contributed by atoms with Crippen molar-refractivity contribution >= 4 is 18.8 Å². The Labute approximate surface area is 49.6 Å². The molecule has 0 N–H and O–H groups in total. The fourth-order valence-corrected chi connectivity index (χ4v) is 0.249. The summed E-state index contributed by atoms with van der Waals surface area (Å²) in [4.78, 5) is 4.74. The maximum absolute atomic E-state index is 3.98. The predicted molar refractivity (Wildman–Crippen MR) is 36.9 cm³/mol. The van der Waals surface area contributed by atoms with E-state index < -0.39 is 0 Å². The number of aliphatic imine (C=N–C) groups is 1. The van der Waals surface area contributed by atoms with Crippen LogP contribution >= 0.6 is 12.6 Å². The molecule has 0 aromatic heterocycles. The van der Waals surface area contributed by atoms with Crippen molar-refractivity contribution in [3.63, 3.8) is 0 Å². The molecule has 40 valence electrons. The fourth-order valence-electron chi connectivity index (χ4n) is 0.182. The number of nitrogens with zero attached hydrogens (tertiary/aromatic N) is 1. The van der Waals surface area contributed by atoms with E-state index in [4.69, 9.17) is 0 Å². The van der Waals surface area contributed by atoms with Crippen molar-refractivity contribution in [1.82, 2.24) is 0 Å². The average Bonchev–Trinajstić information content (AvgIpc) is 1.61. The minimum Gasteiger partial charge on any atom is -0.269 e. The van der Waals surface area contributed by atoms with Crippen LogP contribution in [0.1, 0.15) is 13.8 Å². The van der Waals surface area contributed by atoms with Crippen molar-refractivity contribution in [1.29, 1.82) is 0 Å². The summed E-state index contributed by atoms with van der Waals surface area (Å²) in [7, 11) is 0. The van der Waals surface area contributed by atoms with Crippen molar-refractivity contribution in [2.45, 2.75) is 13.8 Å². The number of rotatable bonds is 1. The SMILES string of the molecule is CC=N/C=C(/C)S. The zero-order valence-electron chi connectivity index (χ0n) is 4.55. The van der Waals surface area contributed by atoms with E-state index >= 15 is 0 Å². The highest BCUT2D eigenvalue weighted by Gasteiger charge is 1.67. The van der Waals surface area contributed by atoms with Crippen LogP contribution < -0.4 is 0 Å². The molecule has 0 aliphatic carbocycles. The molecular weight excluding hydrogens is 106 g/mol. The number of allylic oxidation sites excluding steroid dienone is 1. The molecule has 0 radical (unpaired) electrons. The maximum atomic E-state index is 3.98. The Balaban J connectivity index is 3.46. The Morgan fingerprint density at radius 1 is 1.71 bits per heavy atom. The molecule has 0 unspecified atom stereocenters. The van der Waals surface area contributed by atoms with E-state index in [9.17, 15) is 0 Å². The highest BCUT2D eigenvalue weighted by molar-refractivity contribution is 7.84. The van der Waals surface area contributed by atoms with Crippen LogP contribution in [0.25, 0.3) is 0 Å². The first-order valence-electron chi connectivity index (χ1n) is 2.11.